The van der Waals surface area contributed by atoms with Crippen LogP contribution >= 0.6 is 0 Å². The number of aryl methyl sites for hydroxylation is 1. The zero-order chi connectivity index (χ0) is 15.1. The number of anilines is 1. The molecule has 7 nitrogen and oxygen atoms in total. The molecule has 0 radical (unpaired) electrons. The highest BCUT2D eigenvalue weighted by molar-refractivity contribution is 6.05. The smallest absolute Gasteiger partial charge is 0.256 e. The third-order valence-electron chi connectivity index (χ3n) is 3.98. The van der Waals surface area contributed by atoms with Crippen LogP contribution in [0.15, 0.2) is 24.5 Å². The molecule has 0 atom stereocenters. The van der Waals surface area contributed by atoms with Crippen molar-refractivity contribution in [2.45, 2.75) is 13.0 Å². The summed E-state index contributed by atoms with van der Waals surface area (Å²) in [6.07, 6.45) is 2.51. The summed E-state index contributed by atoms with van der Waals surface area (Å²) < 4.78 is 1.74. The number of rotatable bonds is 2. The Kier molecular flexibility index (Phi) is 2.93. The van der Waals surface area contributed by atoms with Gasteiger partial charge in [-0.3, -0.25) is 9.48 Å². The molecule has 4 rings (SSSR count). The highest BCUT2D eigenvalue weighted by Crippen LogP contribution is 2.23. The molecule has 1 aliphatic heterocycles. The number of carbonyl (C=O) groups excluding carboxylic acids is 1. The van der Waals surface area contributed by atoms with Gasteiger partial charge in [-0.15, -0.1) is 0 Å². The van der Waals surface area contributed by atoms with Crippen molar-refractivity contribution < 1.29 is 4.79 Å². The van der Waals surface area contributed by atoms with Crippen molar-refractivity contribution in [1.82, 2.24) is 25.1 Å². The van der Waals surface area contributed by atoms with Gasteiger partial charge in [0.05, 0.1) is 23.1 Å². The summed E-state index contributed by atoms with van der Waals surface area (Å²) in [5.74, 6) is 0.616. The number of aromatic amines is 1. The maximum Gasteiger partial charge on any atom is 0.256 e. The van der Waals surface area contributed by atoms with Crippen LogP contribution < -0.4 is 10.6 Å². The van der Waals surface area contributed by atoms with Crippen molar-refractivity contribution in [3.8, 4) is 0 Å². The van der Waals surface area contributed by atoms with E-state index in [0.29, 0.717) is 5.56 Å². The molecule has 3 N–H and O–H groups in total. The lowest BCUT2D eigenvalue weighted by molar-refractivity contribution is 0.102. The number of hydrogen-bond acceptors (Lipinski definition) is 4. The molecule has 0 unspecified atom stereocenters. The van der Waals surface area contributed by atoms with Crippen molar-refractivity contribution in [1.29, 1.82) is 0 Å². The van der Waals surface area contributed by atoms with Crippen LogP contribution in [0.5, 0.6) is 0 Å². The number of nitrogens with one attached hydrogen (secondary N) is 3. The number of imidazole rings is 1. The van der Waals surface area contributed by atoms with Gasteiger partial charge in [-0.2, -0.15) is 5.10 Å². The number of aromatic nitrogens is 4. The maximum absolute atomic E-state index is 12.5. The van der Waals surface area contributed by atoms with Crippen molar-refractivity contribution in [2.75, 3.05) is 11.9 Å². The van der Waals surface area contributed by atoms with E-state index in [9.17, 15) is 4.79 Å². The summed E-state index contributed by atoms with van der Waals surface area (Å²) in [6, 6.07) is 5.42. The van der Waals surface area contributed by atoms with E-state index in [2.05, 4.69) is 25.7 Å². The molecule has 3 aromatic rings. The Hall–Kier alpha value is -2.67. The van der Waals surface area contributed by atoms with E-state index in [1.165, 1.54) is 0 Å². The second-order valence-electron chi connectivity index (χ2n) is 5.41. The first-order valence-electron chi connectivity index (χ1n) is 7.22. The Balaban J connectivity index is 1.65. The van der Waals surface area contributed by atoms with Gasteiger partial charge in [-0.25, -0.2) is 4.98 Å². The van der Waals surface area contributed by atoms with Crippen LogP contribution in [0.25, 0.3) is 11.0 Å². The Labute approximate surface area is 126 Å². The standard InChI is InChI=1S/C15H16N6O/c1-21-14(10-7-16-5-4-11(10)20-21)19-15(22)9-2-3-12-13(6-9)18-8-17-12/h2-3,6,8,16H,4-5,7H2,1H3,(H,17,18)(H,19,22). The van der Waals surface area contributed by atoms with Gasteiger partial charge in [0.1, 0.15) is 5.82 Å². The topological polar surface area (TPSA) is 87.6 Å². The molecule has 1 aromatic carbocycles. The minimum absolute atomic E-state index is 0.145. The number of fused-ring (bicyclic) bond motifs is 2. The monoisotopic (exact) mass is 296 g/mol. The highest BCUT2D eigenvalue weighted by atomic mass is 16.1. The van der Waals surface area contributed by atoms with Crippen LogP contribution in [-0.4, -0.2) is 32.2 Å². The van der Waals surface area contributed by atoms with E-state index in [1.807, 2.05) is 13.1 Å². The minimum atomic E-state index is -0.145. The molecule has 0 aliphatic carbocycles. The van der Waals surface area contributed by atoms with Crippen LogP contribution in [0.3, 0.4) is 0 Å². The summed E-state index contributed by atoms with van der Waals surface area (Å²) in [4.78, 5) is 19.7. The fourth-order valence-corrected chi connectivity index (χ4v) is 2.84. The number of hydrogen-bond donors (Lipinski definition) is 3. The third kappa shape index (κ3) is 2.06. The first-order chi connectivity index (χ1) is 10.7. The fourth-order valence-electron chi connectivity index (χ4n) is 2.84. The van der Waals surface area contributed by atoms with Gasteiger partial charge in [0.15, 0.2) is 0 Å². The summed E-state index contributed by atoms with van der Waals surface area (Å²) in [5.41, 5.74) is 4.42. The summed E-state index contributed by atoms with van der Waals surface area (Å²) in [6.45, 7) is 1.66. The maximum atomic E-state index is 12.5. The second-order valence-corrected chi connectivity index (χ2v) is 5.41. The lowest BCUT2D eigenvalue weighted by Gasteiger charge is -2.13. The van der Waals surface area contributed by atoms with Gasteiger partial charge in [0.2, 0.25) is 0 Å². The van der Waals surface area contributed by atoms with E-state index < -0.39 is 0 Å². The van der Waals surface area contributed by atoms with Gasteiger partial charge in [-0.05, 0) is 18.2 Å². The minimum Gasteiger partial charge on any atom is -0.345 e. The van der Waals surface area contributed by atoms with Crippen molar-refractivity contribution in [3.63, 3.8) is 0 Å². The summed E-state index contributed by atoms with van der Waals surface area (Å²) >= 11 is 0. The molecule has 2 aromatic heterocycles. The molecule has 0 bridgehead atoms. The average molecular weight is 296 g/mol. The molecular weight excluding hydrogens is 280 g/mol. The van der Waals surface area contributed by atoms with E-state index in [4.69, 9.17) is 0 Å². The van der Waals surface area contributed by atoms with E-state index >= 15 is 0 Å². The average Bonchev–Trinajstić information content (AvgIpc) is 3.11. The predicted octanol–water partition coefficient (Wildman–Crippen LogP) is 1.19. The molecule has 1 amide bonds. The van der Waals surface area contributed by atoms with E-state index in [-0.39, 0.29) is 5.91 Å². The lowest BCUT2D eigenvalue weighted by atomic mass is 10.1. The molecular formula is C15H16N6O. The van der Waals surface area contributed by atoms with E-state index in [1.54, 1.807) is 23.1 Å². The van der Waals surface area contributed by atoms with Gasteiger partial charge in [0.25, 0.3) is 5.91 Å². The largest absolute Gasteiger partial charge is 0.345 e. The number of benzene rings is 1. The molecule has 1 aliphatic rings. The fraction of sp³-hybridized carbons (Fsp3) is 0.267. The molecule has 3 heterocycles. The zero-order valence-electron chi connectivity index (χ0n) is 12.2. The summed E-state index contributed by atoms with van der Waals surface area (Å²) in [7, 11) is 1.85. The molecule has 22 heavy (non-hydrogen) atoms. The molecule has 0 saturated carbocycles. The second kappa shape index (κ2) is 4.96. The van der Waals surface area contributed by atoms with Crippen LogP contribution in [0.1, 0.15) is 21.6 Å². The quantitative estimate of drug-likeness (QED) is 0.663. The van der Waals surface area contributed by atoms with Crippen LogP contribution in [0, 0.1) is 0 Å². The predicted molar refractivity (Wildman–Crippen MR) is 82.7 cm³/mol. The van der Waals surface area contributed by atoms with Gasteiger partial charge < -0.3 is 15.6 Å². The van der Waals surface area contributed by atoms with Crippen LogP contribution in [0.4, 0.5) is 5.82 Å². The molecule has 0 fully saturated rings. The first kappa shape index (κ1) is 13.0. The van der Waals surface area contributed by atoms with Crippen LogP contribution in [-0.2, 0) is 20.0 Å². The molecule has 112 valence electrons. The molecule has 0 spiro atoms. The Morgan fingerprint density at radius 2 is 2.32 bits per heavy atom. The van der Waals surface area contributed by atoms with Crippen molar-refractivity contribution in [3.05, 3.63) is 41.3 Å². The van der Waals surface area contributed by atoms with Crippen molar-refractivity contribution >= 4 is 22.8 Å². The summed E-state index contributed by atoms with van der Waals surface area (Å²) in [5, 5.41) is 10.8. The van der Waals surface area contributed by atoms with Gasteiger partial charge >= 0.3 is 0 Å². The SMILES string of the molecule is Cn1nc2c(c1NC(=O)c1ccc3nc[nH]c3c1)CNCC2. The number of carbonyl (C=O) groups is 1. The highest BCUT2D eigenvalue weighted by Gasteiger charge is 2.21. The van der Waals surface area contributed by atoms with Crippen molar-refractivity contribution in [2.24, 2.45) is 7.05 Å². The molecule has 7 heteroatoms. The molecule has 0 saturated heterocycles. The third-order valence-corrected chi connectivity index (χ3v) is 3.98. The van der Waals surface area contributed by atoms with E-state index in [0.717, 1.165) is 47.6 Å². The van der Waals surface area contributed by atoms with Gasteiger partial charge in [-0.1, -0.05) is 0 Å². The van der Waals surface area contributed by atoms with Crippen LogP contribution in [0.2, 0.25) is 0 Å². The number of amides is 1. The van der Waals surface area contributed by atoms with Gasteiger partial charge in [0, 0.05) is 37.7 Å². The Morgan fingerprint density at radius 1 is 1.41 bits per heavy atom. The zero-order valence-corrected chi connectivity index (χ0v) is 12.2. The normalized spacial score (nSPS) is 14.0. The lowest BCUT2D eigenvalue weighted by Crippen LogP contribution is -2.24. The number of nitrogens with zero attached hydrogens (tertiary/aromatic N) is 3. The Bertz CT molecular complexity index is 862. The number of H-pyrrole nitrogens is 1. The first-order valence-corrected chi connectivity index (χ1v) is 7.22. The Morgan fingerprint density at radius 3 is 3.23 bits per heavy atom.